The summed E-state index contributed by atoms with van der Waals surface area (Å²) in [6, 6.07) is 4.28. The zero-order chi connectivity index (χ0) is 12.6. The van der Waals surface area contributed by atoms with E-state index in [-0.39, 0.29) is 12.6 Å². The highest BCUT2D eigenvalue weighted by Crippen LogP contribution is 2.31. The van der Waals surface area contributed by atoms with Gasteiger partial charge >= 0.3 is 12.3 Å². The molecular weight excluding hydrogens is 235 g/mol. The SMILES string of the molecule is CC1COC(=O)N1c1ccc(C(F)(F)F)cc1. The van der Waals surface area contributed by atoms with Gasteiger partial charge in [-0.3, -0.25) is 4.90 Å². The van der Waals surface area contributed by atoms with Crippen LogP contribution in [0.4, 0.5) is 23.7 Å². The topological polar surface area (TPSA) is 29.5 Å². The molecule has 0 N–H and O–H groups in total. The van der Waals surface area contributed by atoms with Crippen molar-refractivity contribution < 1.29 is 22.7 Å². The van der Waals surface area contributed by atoms with E-state index in [1.807, 2.05) is 0 Å². The van der Waals surface area contributed by atoms with E-state index in [0.29, 0.717) is 5.69 Å². The summed E-state index contributed by atoms with van der Waals surface area (Å²) in [5.41, 5.74) is -0.325. The molecule has 92 valence electrons. The van der Waals surface area contributed by atoms with Crippen LogP contribution in [0.25, 0.3) is 0 Å². The van der Waals surface area contributed by atoms with E-state index in [1.54, 1.807) is 6.92 Å². The third-order valence-electron chi connectivity index (χ3n) is 2.56. The van der Waals surface area contributed by atoms with Crippen molar-refractivity contribution in [2.45, 2.75) is 19.1 Å². The highest BCUT2D eigenvalue weighted by molar-refractivity contribution is 5.90. The fraction of sp³-hybridized carbons (Fsp3) is 0.364. The Labute approximate surface area is 95.8 Å². The van der Waals surface area contributed by atoms with Crippen LogP contribution in [0, 0.1) is 0 Å². The zero-order valence-corrected chi connectivity index (χ0v) is 8.99. The smallest absolute Gasteiger partial charge is 0.416 e. The number of hydrogen-bond acceptors (Lipinski definition) is 2. The van der Waals surface area contributed by atoms with E-state index in [1.165, 1.54) is 17.0 Å². The molecule has 1 aliphatic rings. The summed E-state index contributed by atoms with van der Waals surface area (Å²) in [5.74, 6) is 0. The number of benzene rings is 1. The quantitative estimate of drug-likeness (QED) is 0.761. The lowest BCUT2D eigenvalue weighted by Gasteiger charge is -2.18. The Morgan fingerprint density at radius 1 is 1.29 bits per heavy atom. The lowest BCUT2D eigenvalue weighted by Crippen LogP contribution is -2.30. The van der Waals surface area contributed by atoms with Crippen LogP contribution in [0.15, 0.2) is 24.3 Å². The van der Waals surface area contributed by atoms with Crippen molar-refractivity contribution >= 4 is 11.8 Å². The van der Waals surface area contributed by atoms with E-state index in [4.69, 9.17) is 4.74 Å². The molecule has 1 unspecified atom stereocenters. The maximum Gasteiger partial charge on any atom is 0.416 e. The number of ether oxygens (including phenoxy) is 1. The second-order valence-electron chi connectivity index (χ2n) is 3.84. The normalized spacial score (nSPS) is 20.6. The standard InChI is InChI=1S/C11H10F3NO2/c1-7-6-17-10(16)15(7)9-4-2-8(3-5-9)11(12,13)14/h2-5,7H,6H2,1H3. The van der Waals surface area contributed by atoms with Crippen molar-refractivity contribution in [3.63, 3.8) is 0 Å². The van der Waals surface area contributed by atoms with Gasteiger partial charge in [-0.05, 0) is 31.2 Å². The van der Waals surface area contributed by atoms with Gasteiger partial charge in [0.25, 0.3) is 0 Å². The van der Waals surface area contributed by atoms with Gasteiger partial charge in [0.1, 0.15) is 6.61 Å². The van der Waals surface area contributed by atoms with Gasteiger partial charge in [0.2, 0.25) is 0 Å². The third kappa shape index (κ3) is 2.20. The van der Waals surface area contributed by atoms with Gasteiger partial charge in [-0.1, -0.05) is 0 Å². The summed E-state index contributed by atoms with van der Waals surface area (Å²) in [5, 5.41) is 0. The number of alkyl halides is 3. The first kappa shape index (κ1) is 11.8. The monoisotopic (exact) mass is 245 g/mol. The Bertz CT molecular complexity index is 427. The maximum absolute atomic E-state index is 12.3. The molecule has 6 heteroatoms. The molecule has 1 amide bonds. The third-order valence-corrected chi connectivity index (χ3v) is 2.56. The van der Waals surface area contributed by atoms with E-state index in [0.717, 1.165) is 12.1 Å². The molecule has 0 aliphatic carbocycles. The lowest BCUT2D eigenvalue weighted by molar-refractivity contribution is -0.137. The van der Waals surface area contributed by atoms with Gasteiger partial charge in [0.15, 0.2) is 0 Å². The molecule has 1 fully saturated rings. The number of halogens is 3. The van der Waals surface area contributed by atoms with Crippen LogP contribution in [0.1, 0.15) is 12.5 Å². The summed E-state index contributed by atoms with van der Waals surface area (Å²) in [6.45, 7) is 2.02. The highest BCUT2D eigenvalue weighted by Gasteiger charge is 2.33. The first-order valence-corrected chi connectivity index (χ1v) is 5.03. The van der Waals surface area contributed by atoms with Gasteiger partial charge < -0.3 is 4.74 Å². The van der Waals surface area contributed by atoms with Crippen LogP contribution in [-0.2, 0) is 10.9 Å². The van der Waals surface area contributed by atoms with Crippen LogP contribution in [0.2, 0.25) is 0 Å². The Kier molecular flexibility index (Phi) is 2.73. The van der Waals surface area contributed by atoms with Crippen LogP contribution < -0.4 is 4.90 Å². The van der Waals surface area contributed by atoms with Gasteiger partial charge in [0, 0.05) is 5.69 Å². The summed E-state index contributed by atoms with van der Waals surface area (Å²) in [6.07, 6.45) is -4.90. The molecule has 1 atom stereocenters. The first-order valence-electron chi connectivity index (χ1n) is 5.03. The zero-order valence-electron chi connectivity index (χ0n) is 8.99. The molecule has 1 heterocycles. The van der Waals surface area contributed by atoms with Crippen molar-refractivity contribution in [1.82, 2.24) is 0 Å². The number of amides is 1. The number of anilines is 1. The maximum atomic E-state index is 12.3. The minimum atomic E-state index is -4.37. The number of carbonyl (C=O) groups is 1. The molecule has 0 saturated carbocycles. The van der Waals surface area contributed by atoms with Crippen LogP contribution in [-0.4, -0.2) is 18.7 Å². The van der Waals surface area contributed by atoms with E-state index >= 15 is 0 Å². The minimum Gasteiger partial charge on any atom is -0.447 e. The highest BCUT2D eigenvalue weighted by atomic mass is 19.4. The van der Waals surface area contributed by atoms with Crippen molar-refractivity contribution in [2.75, 3.05) is 11.5 Å². The molecular formula is C11H10F3NO2. The average Bonchev–Trinajstić information content (AvgIpc) is 2.58. The minimum absolute atomic E-state index is 0.167. The Morgan fingerprint density at radius 3 is 2.29 bits per heavy atom. The fourth-order valence-corrected chi connectivity index (χ4v) is 1.69. The van der Waals surface area contributed by atoms with Crippen LogP contribution >= 0.6 is 0 Å². The van der Waals surface area contributed by atoms with E-state index in [9.17, 15) is 18.0 Å². The molecule has 17 heavy (non-hydrogen) atoms. The molecule has 2 rings (SSSR count). The fourth-order valence-electron chi connectivity index (χ4n) is 1.69. The molecule has 1 aliphatic heterocycles. The number of carbonyl (C=O) groups excluding carboxylic acids is 1. The molecule has 3 nitrogen and oxygen atoms in total. The van der Waals surface area contributed by atoms with Crippen LogP contribution in [0.3, 0.4) is 0 Å². The predicted octanol–water partition coefficient (Wildman–Crippen LogP) is 3.05. The Hall–Kier alpha value is -1.72. The molecule has 1 saturated heterocycles. The van der Waals surface area contributed by atoms with E-state index in [2.05, 4.69) is 0 Å². The molecule has 0 bridgehead atoms. The first-order chi connectivity index (χ1) is 7.89. The largest absolute Gasteiger partial charge is 0.447 e. The second kappa shape index (κ2) is 3.94. The number of rotatable bonds is 1. The van der Waals surface area contributed by atoms with Crippen molar-refractivity contribution in [1.29, 1.82) is 0 Å². The Balaban J connectivity index is 2.27. The summed E-state index contributed by atoms with van der Waals surface area (Å²) in [7, 11) is 0. The predicted molar refractivity (Wildman–Crippen MR) is 54.7 cm³/mol. The number of hydrogen-bond donors (Lipinski definition) is 0. The summed E-state index contributed by atoms with van der Waals surface area (Å²) < 4.78 is 41.8. The molecule has 1 aromatic carbocycles. The van der Waals surface area contributed by atoms with E-state index < -0.39 is 17.8 Å². The molecule has 0 radical (unpaired) electrons. The van der Waals surface area contributed by atoms with Crippen molar-refractivity contribution in [3.8, 4) is 0 Å². The van der Waals surface area contributed by atoms with Crippen LogP contribution in [0.5, 0.6) is 0 Å². The van der Waals surface area contributed by atoms with Gasteiger partial charge in [-0.25, -0.2) is 4.79 Å². The van der Waals surface area contributed by atoms with Gasteiger partial charge in [-0.2, -0.15) is 13.2 Å². The Morgan fingerprint density at radius 2 is 1.88 bits per heavy atom. The van der Waals surface area contributed by atoms with Crippen molar-refractivity contribution in [2.24, 2.45) is 0 Å². The lowest BCUT2D eigenvalue weighted by atomic mass is 10.2. The molecule has 0 spiro atoms. The van der Waals surface area contributed by atoms with Crippen molar-refractivity contribution in [3.05, 3.63) is 29.8 Å². The average molecular weight is 245 g/mol. The summed E-state index contributed by atoms with van der Waals surface area (Å²) in [4.78, 5) is 12.7. The summed E-state index contributed by atoms with van der Waals surface area (Å²) >= 11 is 0. The second-order valence-corrected chi connectivity index (χ2v) is 3.84. The number of cyclic esters (lactones) is 1. The number of nitrogens with zero attached hydrogens (tertiary/aromatic N) is 1. The van der Waals surface area contributed by atoms with Gasteiger partial charge in [0.05, 0.1) is 11.6 Å². The molecule has 0 aromatic heterocycles. The van der Waals surface area contributed by atoms with Gasteiger partial charge in [-0.15, -0.1) is 0 Å². The molecule has 1 aromatic rings.